The van der Waals surface area contributed by atoms with Crippen LogP contribution in [0.5, 0.6) is 0 Å². The molecule has 0 radical (unpaired) electrons. The second-order valence-corrected chi connectivity index (χ2v) is 3.55. The second-order valence-electron chi connectivity index (χ2n) is 3.11. The molecule has 0 saturated carbocycles. The first-order chi connectivity index (χ1) is 7.29. The number of carbonyl (C=O) groups excluding carboxylic acids is 1. The Hall–Kier alpha value is -1.54. The molecule has 0 fully saturated rings. The molecule has 1 heterocycles. The van der Waals surface area contributed by atoms with Crippen LogP contribution in [0.3, 0.4) is 0 Å². The first-order valence-electron chi connectivity index (χ1n) is 4.56. The Morgan fingerprint density at radius 2 is 1.87 bits per heavy atom. The Kier molecular flexibility index (Phi) is 2.88. The van der Waals surface area contributed by atoms with Crippen LogP contribution >= 0.6 is 11.6 Å². The number of rotatable bonds is 3. The van der Waals surface area contributed by atoms with Gasteiger partial charge in [-0.3, -0.25) is 4.79 Å². The van der Waals surface area contributed by atoms with Crippen molar-refractivity contribution in [1.29, 1.82) is 0 Å². The lowest BCUT2D eigenvalue weighted by atomic mass is 10.1. The molecule has 2 rings (SSSR count). The van der Waals surface area contributed by atoms with Crippen LogP contribution in [-0.2, 0) is 0 Å². The molecule has 3 heteroatoms. The summed E-state index contributed by atoms with van der Waals surface area (Å²) in [5.41, 5.74) is 0.778. The first-order valence-corrected chi connectivity index (χ1v) is 4.99. The fourth-order valence-electron chi connectivity index (χ4n) is 1.32. The zero-order valence-corrected chi connectivity index (χ0v) is 8.65. The molecule has 1 aromatic carbocycles. The molecule has 0 aliphatic rings. The van der Waals surface area contributed by atoms with Crippen molar-refractivity contribution in [3.63, 3.8) is 0 Å². The number of carbonyl (C=O) groups is 1. The van der Waals surface area contributed by atoms with Crippen LogP contribution in [0.15, 0.2) is 53.1 Å². The van der Waals surface area contributed by atoms with Gasteiger partial charge in [-0.2, -0.15) is 0 Å². The molecule has 0 bridgehead atoms. The van der Waals surface area contributed by atoms with Crippen LogP contribution in [0.1, 0.15) is 21.5 Å². The lowest BCUT2D eigenvalue weighted by molar-refractivity contribution is 0.0960. The third kappa shape index (κ3) is 2.10. The summed E-state index contributed by atoms with van der Waals surface area (Å²) in [6.07, 6.45) is 1.46. The molecule has 1 unspecified atom stereocenters. The highest BCUT2D eigenvalue weighted by atomic mass is 35.5. The monoisotopic (exact) mass is 220 g/mol. The van der Waals surface area contributed by atoms with E-state index in [9.17, 15) is 4.79 Å². The van der Waals surface area contributed by atoms with Gasteiger partial charge in [0.25, 0.3) is 0 Å². The van der Waals surface area contributed by atoms with Gasteiger partial charge in [-0.25, -0.2) is 0 Å². The molecule has 0 aliphatic heterocycles. The molecule has 0 aliphatic carbocycles. The number of Topliss-reactive ketones (excluding diaryl/α,β-unsaturated/α-hetero) is 1. The Morgan fingerprint density at radius 1 is 1.13 bits per heavy atom. The summed E-state index contributed by atoms with van der Waals surface area (Å²) in [5, 5.41) is -0.683. The Bertz CT molecular complexity index is 434. The lowest BCUT2D eigenvalue weighted by Gasteiger charge is -2.05. The molecule has 1 atom stereocenters. The fraction of sp³-hybridized carbons (Fsp3) is 0.0833. The number of benzene rings is 1. The van der Waals surface area contributed by atoms with Gasteiger partial charge in [0.2, 0.25) is 5.78 Å². The Labute approximate surface area is 92.5 Å². The van der Waals surface area contributed by atoms with Crippen LogP contribution < -0.4 is 0 Å². The summed E-state index contributed by atoms with van der Waals surface area (Å²) in [6, 6.07) is 12.5. The van der Waals surface area contributed by atoms with Crippen LogP contribution in [0, 0.1) is 0 Å². The molecule has 0 spiro atoms. The molecule has 0 saturated heterocycles. The van der Waals surface area contributed by atoms with Gasteiger partial charge in [-0.05, 0) is 17.7 Å². The van der Waals surface area contributed by atoms with E-state index in [1.807, 2.05) is 30.3 Å². The third-order valence-corrected chi connectivity index (χ3v) is 2.54. The molecule has 2 aromatic rings. The highest BCUT2D eigenvalue weighted by Crippen LogP contribution is 2.24. The van der Waals surface area contributed by atoms with E-state index in [1.165, 1.54) is 6.26 Å². The van der Waals surface area contributed by atoms with E-state index in [4.69, 9.17) is 16.0 Å². The smallest absolute Gasteiger partial charge is 0.220 e. The summed E-state index contributed by atoms with van der Waals surface area (Å²) in [6.45, 7) is 0. The minimum Gasteiger partial charge on any atom is -0.461 e. The zero-order valence-electron chi connectivity index (χ0n) is 7.89. The third-order valence-electron chi connectivity index (χ3n) is 2.09. The highest BCUT2D eigenvalue weighted by molar-refractivity contribution is 6.33. The van der Waals surface area contributed by atoms with Gasteiger partial charge < -0.3 is 4.42 Å². The van der Waals surface area contributed by atoms with Gasteiger partial charge >= 0.3 is 0 Å². The van der Waals surface area contributed by atoms with Crippen LogP contribution in [0.2, 0.25) is 0 Å². The van der Waals surface area contributed by atoms with Gasteiger partial charge in [0, 0.05) is 0 Å². The molecule has 2 nitrogen and oxygen atoms in total. The van der Waals surface area contributed by atoms with Crippen molar-refractivity contribution in [3.8, 4) is 0 Å². The van der Waals surface area contributed by atoms with E-state index in [2.05, 4.69) is 0 Å². The van der Waals surface area contributed by atoms with E-state index >= 15 is 0 Å². The number of furan rings is 1. The number of alkyl halides is 1. The topological polar surface area (TPSA) is 30.2 Å². The zero-order chi connectivity index (χ0) is 10.7. The van der Waals surface area contributed by atoms with Crippen molar-refractivity contribution >= 4 is 17.4 Å². The number of ketones is 1. The quantitative estimate of drug-likeness (QED) is 0.586. The van der Waals surface area contributed by atoms with Crippen molar-refractivity contribution in [3.05, 3.63) is 60.1 Å². The maximum absolute atomic E-state index is 11.8. The predicted molar refractivity (Wildman–Crippen MR) is 58.1 cm³/mol. The average Bonchev–Trinajstić information content (AvgIpc) is 2.82. The van der Waals surface area contributed by atoms with E-state index < -0.39 is 5.38 Å². The predicted octanol–water partition coefficient (Wildman–Crippen LogP) is 3.44. The van der Waals surface area contributed by atoms with Crippen LogP contribution in [0.25, 0.3) is 0 Å². The average molecular weight is 221 g/mol. The summed E-state index contributed by atoms with van der Waals surface area (Å²) in [5.74, 6) is 0.0757. The van der Waals surface area contributed by atoms with E-state index in [0.29, 0.717) is 5.76 Å². The minimum absolute atomic E-state index is 0.215. The Morgan fingerprint density at radius 3 is 2.47 bits per heavy atom. The largest absolute Gasteiger partial charge is 0.461 e. The van der Waals surface area contributed by atoms with Crippen LogP contribution in [0.4, 0.5) is 0 Å². The maximum atomic E-state index is 11.8. The van der Waals surface area contributed by atoms with Crippen LogP contribution in [-0.4, -0.2) is 5.78 Å². The highest BCUT2D eigenvalue weighted by Gasteiger charge is 2.20. The normalized spacial score (nSPS) is 12.3. The first kappa shape index (κ1) is 9.99. The molecule has 76 valence electrons. The second kappa shape index (κ2) is 4.32. The Balaban J connectivity index is 2.23. The lowest BCUT2D eigenvalue weighted by Crippen LogP contribution is -2.05. The van der Waals surface area contributed by atoms with E-state index in [1.54, 1.807) is 12.1 Å². The van der Waals surface area contributed by atoms with Gasteiger partial charge in [-0.1, -0.05) is 30.3 Å². The molecule has 15 heavy (non-hydrogen) atoms. The SMILES string of the molecule is O=C(c1ccco1)C(Cl)c1ccccc1. The fourth-order valence-corrected chi connectivity index (χ4v) is 1.57. The van der Waals surface area contributed by atoms with Crippen molar-refractivity contribution < 1.29 is 9.21 Å². The molecular weight excluding hydrogens is 212 g/mol. The standard InChI is InChI=1S/C12H9ClO2/c13-11(9-5-2-1-3-6-9)12(14)10-7-4-8-15-10/h1-8,11H. The summed E-state index contributed by atoms with van der Waals surface area (Å²) in [7, 11) is 0. The van der Waals surface area contributed by atoms with Crippen molar-refractivity contribution in [2.45, 2.75) is 5.38 Å². The number of hydrogen-bond donors (Lipinski definition) is 0. The summed E-state index contributed by atoms with van der Waals surface area (Å²) < 4.78 is 5.00. The summed E-state index contributed by atoms with van der Waals surface area (Å²) in [4.78, 5) is 11.8. The van der Waals surface area contributed by atoms with Gasteiger partial charge in [0.1, 0.15) is 5.38 Å². The number of hydrogen-bond acceptors (Lipinski definition) is 2. The molecule has 1 aromatic heterocycles. The van der Waals surface area contributed by atoms with Gasteiger partial charge in [-0.15, -0.1) is 11.6 Å². The van der Waals surface area contributed by atoms with Gasteiger partial charge in [0.15, 0.2) is 5.76 Å². The van der Waals surface area contributed by atoms with Crippen molar-refractivity contribution in [1.82, 2.24) is 0 Å². The van der Waals surface area contributed by atoms with Crippen molar-refractivity contribution in [2.75, 3.05) is 0 Å². The molecular formula is C12H9ClO2. The maximum Gasteiger partial charge on any atom is 0.220 e. The van der Waals surface area contributed by atoms with Crippen molar-refractivity contribution in [2.24, 2.45) is 0 Å². The number of halogens is 1. The molecule has 0 amide bonds. The minimum atomic E-state index is -0.683. The van der Waals surface area contributed by atoms with E-state index in [0.717, 1.165) is 5.56 Å². The molecule has 0 N–H and O–H groups in total. The summed E-state index contributed by atoms with van der Waals surface area (Å²) >= 11 is 6.04. The van der Waals surface area contributed by atoms with Gasteiger partial charge in [0.05, 0.1) is 6.26 Å². The van der Waals surface area contributed by atoms with E-state index in [-0.39, 0.29) is 5.78 Å².